The van der Waals surface area contributed by atoms with Gasteiger partial charge in [-0.05, 0) is 26.0 Å². The number of aryl methyl sites for hydroxylation is 1. The molecule has 0 saturated carbocycles. The molecule has 1 amide bonds. The minimum Gasteiger partial charge on any atom is -0.332 e. The SMILES string of the molecule is Cc1cccc(C(=O)N2CC2C)c1. The maximum atomic E-state index is 11.7. The smallest absolute Gasteiger partial charge is 0.254 e. The molecule has 1 fully saturated rings. The first kappa shape index (κ1) is 8.30. The van der Waals surface area contributed by atoms with Gasteiger partial charge in [0.2, 0.25) is 0 Å². The Morgan fingerprint density at radius 3 is 2.77 bits per heavy atom. The molecule has 0 N–H and O–H groups in total. The Hall–Kier alpha value is -1.31. The molecular formula is C11H13NO. The van der Waals surface area contributed by atoms with Crippen molar-refractivity contribution in [2.45, 2.75) is 19.9 Å². The topological polar surface area (TPSA) is 20.1 Å². The van der Waals surface area contributed by atoms with Gasteiger partial charge in [0.1, 0.15) is 0 Å². The van der Waals surface area contributed by atoms with Crippen LogP contribution < -0.4 is 0 Å². The Bertz CT molecular complexity index is 346. The van der Waals surface area contributed by atoms with E-state index in [0.29, 0.717) is 6.04 Å². The van der Waals surface area contributed by atoms with E-state index >= 15 is 0 Å². The number of hydrogen-bond acceptors (Lipinski definition) is 1. The zero-order chi connectivity index (χ0) is 9.42. The Labute approximate surface area is 78.2 Å². The number of carbonyl (C=O) groups is 1. The molecule has 2 rings (SSSR count). The predicted molar refractivity (Wildman–Crippen MR) is 51.7 cm³/mol. The van der Waals surface area contributed by atoms with E-state index in [1.807, 2.05) is 36.1 Å². The number of benzene rings is 1. The quantitative estimate of drug-likeness (QED) is 0.596. The maximum Gasteiger partial charge on any atom is 0.254 e. The first-order chi connectivity index (χ1) is 6.18. The van der Waals surface area contributed by atoms with Crippen LogP contribution in [0.1, 0.15) is 22.8 Å². The van der Waals surface area contributed by atoms with Crippen molar-refractivity contribution in [3.63, 3.8) is 0 Å². The summed E-state index contributed by atoms with van der Waals surface area (Å²) in [6.07, 6.45) is 0. The fourth-order valence-corrected chi connectivity index (χ4v) is 1.46. The number of amides is 1. The van der Waals surface area contributed by atoms with E-state index in [9.17, 15) is 4.79 Å². The van der Waals surface area contributed by atoms with Gasteiger partial charge in [-0.25, -0.2) is 0 Å². The molecule has 1 unspecified atom stereocenters. The van der Waals surface area contributed by atoms with E-state index in [1.54, 1.807) is 0 Å². The molecule has 1 heterocycles. The number of carbonyl (C=O) groups excluding carboxylic acids is 1. The second kappa shape index (κ2) is 2.87. The van der Waals surface area contributed by atoms with Crippen molar-refractivity contribution in [1.82, 2.24) is 4.90 Å². The van der Waals surface area contributed by atoms with Crippen LogP contribution in [-0.4, -0.2) is 23.4 Å². The van der Waals surface area contributed by atoms with Crippen molar-refractivity contribution >= 4 is 5.91 Å². The van der Waals surface area contributed by atoms with Gasteiger partial charge in [0.15, 0.2) is 0 Å². The Morgan fingerprint density at radius 2 is 2.23 bits per heavy atom. The van der Waals surface area contributed by atoms with E-state index < -0.39 is 0 Å². The summed E-state index contributed by atoms with van der Waals surface area (Å²) in [5, 5.41) is 0. The Balaban J connectivity index is 2.21. The molecule has 0 aromatic heterocycles. The summed E-state index contributed by atoms with van der Waals surface area (Å²) in [4.78, 5) is 13.6. The lowest BCUT2D eigenvalue weighted by atomic mass is 10.1. The van der Waals surface area contributed by atoms with E-state index in [4.69, 9.17) is 0 Å². The zero-order valence-electron chi connectivity index (χ0n) is 7.95. The van der Waals surface area contributed by atoms with Crippen LogP contribution in [0.3, 0.4) is 0 Å². The van der Waals surface area contributed by atoms with E-state index in [2.05, 4.69) is 6.92 Å². The second-order valence-electron chi connectivity index (χ2n) is 3.68. The Kier molecular flexibility index (Phi) is 1.83. The second-order valence-corrected chi connectivity index (χ2v) is 3.68. The fraction of sp³-hybridized carbons (Fsp3) is 0.364. The van der Waals surface area contributed by atoms with Crippen LogP contribution in [0.2, 0.25) is 0 Å². The van der Waals surface area contributed by atoms with Gasteiger partial charge in [0.05, 0.1) is 0 Å². The van der Waals surface area contributed by atoms with Gasteiger partial charge in [0.25, 0.3) is 5.91 Å². The molecule has 1 aliphatic heterocycles. The summed E-state index contributed by atoms with van der Waals surface area (Å²) in [5.41, 5.74) is 1.95. The highest BCUT2D eigenvalue weighted by Gasteiger charge is 2.34. The molecule has 0 bridgehead atoms. The van der Waals surface area contributed by atoms with Crippen LogP contribution in [0.5, 0.6) is 0 Å². The Morgan fingerprint density at radius 1 is 1.54 bits per heavy atom. The normalized spacial score (nSPS) is 20.2. The molecule has 0 spiro atoms. The summed E-state index contributed by atoms with van der Waals surface area (Å²) >= 11 is 0. The van der Waals surface area contributed by atoms with Gasteiger partial charge < -0.3 is 4.90 Å². The first-order valence-electron chi connectivity index (χ1n) is 4.56. The third-order valence-corrected chi connectivity index (χ3v) is 2.39. The average molecular weight is 175 g/mol. The van der Waals surface area contributed by atoms with E-state index in [0.717, 1.165) is 17.7 Å². The summed E-state index contributed by atoms with van der Waals surface area (Å²) in [5.74, 6) is 0.163. The largest absolute Gasteiger partial charge is 0.332 e. The van der Waals surface area contributed by atoms with Crippen LogP contribution in [0, 0.1) is 6.92 Å². The molecule has 1 aliphatic rings. The molecule has 1 atom stereocenters. The highest BCUT2D eigenvalue weighted by molar-refractivity contribution is 5.96. The molecule has 68 valence electrons. The van der Waals surface area contributed by atoms with Gasteiger partial charge >= 0.3 is 0 Å². The predicted octanol–water partition coefficient (Wildman–Crippen LogP) is 1.84. The van der Waals surface area contributed by atoms with Crippen molar-refractivity contribution in [2.24, 2.45) is 0 Å². The van der Waals surface area contributed by atoms with Gasteiger partial charge in [-0.2, -0.15) is 0 Å². The number of hydrogen-bond donors (Lipinski definition) is 0. The van der Waals surface area contributed by atoms with Crippen LogP contribution >= 0.6 is 0 Å². The van der Waals surface area contributed by atoms with Gasteiger partial charge in [-0.15, -0.1) is 0 Å². The molecule has 1 saturated heterocycles. The van der Waals surface area contributed by atoms with Crippen molar-refractivity contribution < 1.29 is 4.79 Å². The highest BCUT2D eigenvalue weighted by atomic mass is 16.2. The minimum atomic E-state index is 0.163. The molecule has 0 aliphatic carbocycles. The van der Waals surface area contributed by atoms with Crippen molar-refractivity contribution in [3.05, 3.63) is 35.4 Å². The van der Waals surface area contributed by atoms with Crippen molar-refractivity contribution in [2.75, 3.05) is 6.54 Å². The molecule has 0 radical (unpaired) electrons. The van der Waals surface area contributed by atoms with E-state index in [1.165, 1.54) is 0 Å². The van der Waals surface area contributed by atoms with Crippen LogP contribution in [-0.2, 0) is 0 Å². The van der Waals surface area contributed by atoms with E-state index in [-0.39, 0.29) is 5.91 Å². The summed E-state index contributed by atoms with van der Waals surface area (Å²) in [6, 6.07) is 8.18. The molecule has 1 aromatic rings. The highest BCUT2D eigenvalue weighted by Crippen LogP contribution is 2.20. The van der Waals surface area contributed by atoms with Crippen LogP contribution in [0.4, 0.5) is 0 Å². The van der Waals surface area contributed by atoms with Gasteiger partial charge in [0, 0.05) is 18.2 Å². The number of rotatable bonds is 1. The molecule has 13 heavy (non-hydrogen) atoms. The lowest BCUT2D eigenvalue weighted by Crippen LogP contribution is -2.12. The third kappa shape index (κ3) is 1.57. The third-order valence-electron chi connectivity index (χ3n) is 2.39. The minimum absolute atomic E-state index is 0.163. The van der Waals surface area contributed by atoms with Crippen LogP contribution in [0.15, 0.2) is 24.3 Å². The molecule has 1 aromatic carbocycles. The standard InChI is InChI=1S/C11H13NO/c1-8-4-3-5-10(6-8)11(13)12-7-9(12)2/h3-6,9H,7H2,1-2H3. The molecular weight excluding hydrogens is 162 g/mol. The zero-order valence-corrected chi connectivity index (χ0v) is 7.95. The fourth-order valence-electron chi connectivity index (χ4n) is 1.46. The van der Waals surface area contributed by atoms with Gasteiger partial charge in [-0.1, -0.05) is 17.7 Å². The van der Waals surface area contributed by atoms with Crippen LogP contribution in [0.25, 0.3) is 0 Å². The summed E-state index contributed by atoms with van der Waals surface area (Å²) < 4.78 is 0. The molecule has 2 nitrogen and oxygen atoms in total. The maximum absolute atomic E-state index is 11.7. The average Bonchev–Trinajstić information content (AvgIpc) is 2.81. The van der Waals surface area contributed by atoms with Crippen molar-refractivity contribution in [1.29, 1.82) is 0 Å². The first-order valence-corrected chi connectivity index (χ1v) is 4.56. The van der Waals surface area contributed by atoms with Gasteiger partial charge in [-0.3, -0.25) is 4.79 Å². The monoisotopic (exact) mass is 175 g/mol. The lowest BCUT2D eigenvalue weighted by Gasteiger charge is -2.02. The van der Waals surface area contributed by atoms with Crippen molar-refractivity contribution in [3.8, 4) is 0 Å². The molecule has 2 heteroatoms. The lowest BCUT2D eigenvalue weighted by molar-refractivity contribution is 0.0876. The number of nitrogens with zero attached hydrogens (tertiary/aromatic N) is 1. The summed E-state index contributed by atoms with van der Waals surface area (Å²) in [6.45, 7) is 4.98. The summed E-state index contributed by atoms with van der Waals surface area (Å²) in [7, 11) is 0.